The van der Waals surface area contributed by atoms with Crippen molar-refractivity contribution < 1.29 is 19.1 Å². The van der Waals surface area contributed by atoms with Gasteiger partial charge in [0, 0.05) is 37.4 Å². The molecule has 170 valence electrons. The van der Waals surface area contributed by atoms with Crippen LogP contribution < -0.4 is 15.5 Å². The van der Waals surface area contributed by atoms with Gasteiger partial charge in [0.25, 0.3) is 5.91 Å². The lowest BCUT2D eigenvalue weighted by atomic mass is 10.2. The van der Waals surface area contributed by atoms with E-state index in [1.54, 1.807) is 35.4 Å². The molecule has 1 aliphatic rings. The summed E-state index contributed by atoms with van der Waals surface area (Å²) in [5, 5.41) is 6.80. The predicted octanol–water partition coefficient (Wildman–Crippen LogP) is 3.58. The van der Waals surface area contributed by atoms with Crippen LogP contribution in [0.2, 0.25) is 0 Å². The van der Waals surface area contributed by atoms with E-state index in [1.165, 1.54) is 11.3 Å². The third-order valence-electron chi connectivity index (χ3n) is 4.53. The Morgan fingerprint density at radius 2 is 1.88 bits per heavy atom. The largest absolute Gasteiger partial charge is 0.444 e. The molecule has 2 aromatic rings. The molecule has 0 aliphatic carbocycles. The van der Waals surface area contributed by atoms with Crippen molar-refractivity contribution >= 4 is 45.1 Å². The molecule has 0 bridgehead atoms. The van der Waals surface area contributed by atoms with E-state index in [0.717, 1.165) is 11.1 Å². The molecule has 1 fully saturated rings. The van der Waals surface area contributed by atoms with Gasteiger partial charge < -0.3 is 19.9 Å². The molecule has 10 heteroatoms. The van der Waals surface area contributed by atoms with E-state index in [2.05, 4.69) is 27.1 Å². The summed E-state index contributed by atoms with van der Waals surface area (Å²) < 4.78 is 5.43. The summed E-state index contributed by atoms with van der Waals surface area (Å²) in [5.74, 6) is -0.672. The predicted molar refractivity (Wildman–Crippen MR) is 125 cm³/mol. The first-order chi connectivity index (χ1) is 15.1. The fourth-order valence-electron chi connectivity index (χ4n) is 3.01. The Morgan fingerprint density at radius 1 is 1.16 bits per heavy atom. The van der Waals surface area contributed by atoms with Gasteiger partial charge in [0.2, 0.25) is 5.91 Å². The minimum absolute atomic E-state index is 0.305. The molecule has 1 saturated heterocycles. The first-order valence-corrected chi connectivity index (χ1v) is 11.0. The van der Waals surface area contributed by atoms with E-state index in [4.69, 9.17) is 4.74 Å². The number of hydrogen-bond acceptors (Lipinski definition) is 7. The Labute approximate surface area is 191 Å². The maximum atomic E-state index is 12.6. The number of aromatic nitrogens is 1. The van der Waals surface area contributed by atoms with Crippen LogP contribution in [-0.4, -0.2) is 59.6 Å². The number of carbonyl (C=O) groups is 3. The Hall–Kier alpha value is -3.40. The smallest absolute Gasteiger partial charge is 0.410 e. The highest BCUT2D eigenvalue weighted by atomic mass is 32.1. The average Bonchev–Trinajstić information content (AvgIpc) is 3.21. The van der Waals surface area contributed by atoms with Gasteiger partial charge in [-0.25, -0.2) is 9.78 Å². The maximum absolute atomic E-state index is 12.6. The summed E-state index contributed by atoms with van der Waals surface area (Å²) in [6, 6.07) is 6.62. The SMILES string of the molecule is C=CC(=O)Nc1cccc(C(=O)Nc2ncc(N3CCN(C(=O)OC(C)(C)C)CC3)s2)c1. The summed E-state index contributed by atoms with van der Waals surface area (Å²) in [4.78, 5) is 44.4. The molecule has 2 heterocycles. The summed E-state index contributed by atoms with van der Waals surface area (Å²) in [6.45, 7) is 11.4. The van der Waals surface area contributed by atoms with Crippen LogP contribution in [0.15, 0.2) is 43.1 Å². The van der Waals surface area contributed by atoms with E-state index in [9.17, 15) is 14.4 Å². The van der Waals surface area contributed by atoms with Crippen LogP contribution in [-0.2, 0) is 9.53 Å². The molecule has 1 aliphatic heterocycles. The number of carbonyl (C=O) groups excluding carboxylic acids is 3. The van der Waals surface area contributed by atoms with Crippen LogP contribution in [0, 0.1) is 0 Å². The molecule has 1 aromatic heterocycles. The standard InChI is InChI=1S/C22H27N5O4S/c1-5-17(28)24-16-8-6-7-15(13-16)19(29)25-20-23-14-18(32-20)26-9-11-27(12-10-26)21(30)31-22(2,3)4/h5-8,13-14H,1,9-12H2,2-4H3,(H,24,28)(H,23,25,29). The molecule has 0 radical (unpaired) electrons. The molecule has 1 aromatic carbocycles. The Balaban J connectivity index is 1.56. The molecule has 0 spiro atoms. The van der Waals surface area contributed by atoms with Crippen LogP contribution in [0.1, 0.15) is 31.1 Å². The molecule has 3 rings (SSSR count). The lowest BCUT2D eigenvalue weighted by Crippen LogP contribution is -2.49. The number of piperazine rings is 1. The maximum Gasteiger partial charge on any atom is 0.410 e. The summed E-state index contributed by atoms with van der Waals surface area (Å²) in [6.07, 6.45) is 2.57. The number of anilines is 3. The molecule has 0 unspecified atom stereocenters. The zero-order valence-electron chi connectivity index (χ0n) is 18.4. The minimum Gasteiger partial charge on any atom is -0.444 e. The Kier molecular flexibility index (Phi) is 7.14. The average molecular weight is 458 g/mol. The van der Waals surface area contributed by atoms with Gasteiger partial charge in [0.05, 0.1) is 6.20 Å². The summed E-state index contributed by atoms with van der Waals surface area (Å²) in [5.41, 5.74) is 0.385. The van der Waals surface area contributed by atoms with Gasteiger partial charge in [-0.3, -0.25) is 14.9 Å². The van der Waals surface area contributed by atoms with Crippen molar-refractivity contribution in [3.63, 3.8) is 0 Å². The quantitative estimate of drug-likeness (QED) is 0.665. The van der Waals surface area contributed by atoms with Gasteiger partial charge in [0.15, 0.2) is 5.13 Å². The van der Waals surface area contributed by atoms with Gasteiger partial charge >= 0.3 is 6.09 Å². The second-order valence-electron chi connectivity index (χ2n) is 8.19. The minimum atomic E-state index is -0.518. The molecule has 9 nitrogen and oxygen atoms in total. The number of nitrogens with one attached hydrogen (secondary N) is 2. The number of ether oxygens (including phenoxy) is 1. The number of amides is 3. The van der Waals surface area contributed by atoms with E-state index >= 15 is 0 Å². The number of hydrogen-bond donors (Lipinski definition) is 2. The van der Waals surface area contributed by atoms with E-state index in [1.807, 2.05) is 20.8 Å². The van der Waals surface area contributed by atoms with Crippen LogP contribution >= 0.6 is 11.3 Å². The number of rotatable bonds is 5. The van der Waals surface area contributed by atoms with Crippen molar-refractivity contribution in [1.29, 1.82) is 0 Å². The third kappa shape index (κ3) is 6.30. The topological polar surface area (TPSA) is 104 Å². The number of thiazole rings is 1. The molecule has 2 N–H and O–H groups in total. The van der Waals surface area contributed by atoms with Crippen molar-refractivity contribution in [2.45, 2.75) is 26.4 Å². The summed E-state index contributed by atoms with van der Waals surface area (Å²) in [7, 11) is 0. The van der Waals surface area contributed by atoms with Crippen molar-refractivity contribution in [3.8, 4) is 0 Å². The van der Waals surface area contributed by atoms with Gasteiger partial charge in [-0.2, -0.15) is 0 Å². The summed E-state index contributed by atoms with van der Waals surface area (Å²) >= 11 is 1.37. The van der Waals surface area contributed by atoms with Crippen LogP contribution in [0.3, 0.4) is 0 Å². The lowest BCUT2D eigenvalue weighted by Gasteiger charge is -2.35. The van der Waals surface area contributed by atoms with Gasteiger partial charge in [-0.15, -0.1) is 0 Å². The van der Waals surface area contributed by atoms with E-state index in [-0.39, 0.29) is 17.9 Å². The second kappa shape index (κ2) is 9.82. The first kappa shape index (κ1) is 23.3. The number of nitrogens with zero attached hydrogens (tertiary/aromatic N) is 3. The highest BCUT2D eigenvalue weighted by molar-refractivity contribution is 7.19. The van der Waals surface area contributed by atoms with Gasteiger partial charge in [-0.1, -0.05) is 24.0 Å². The fraction of sp³-hybridized carbons (Fsp3) is 0.364. The monoisotopic (exact) mass is 457 g/mol. The molecule has 0 saturated carbocycles. The van der Waals surface area contributed by atoms with Crippen molar-refractivity contribution in [2.75, 3.05) is 41.7 Å². The lowest BCUT2D eigenvalue weighted by molar-refractivity contribution is -0.111. The molecule has 32 heavy (non-hydrogen) atoms. The van der Waals surface area contributed by atoms with Crippen LogP contribution in [0.25, 0.3) is 0 Å². The van der Waals surface area contributed by atoms with Crippen LogP contribution in [0.4, 0.5) is 20.6 Å². The zero-order chi connectivity index (χ0) is 23.3. The normalized spacial score (nSPS) is 14.0. The van der Waals surface area contributed by atoms with E-state index in [0.29, 0.717) is 42.6 Å². The molecule has 0 atom stereocenters. The molecular formula is C22H27N5O4S. The van der Waals surface area contributed by atoms with E-state index < -0.39 is 5.60 Å². The van der Waals surface area contributed by atoms with Gasteiger partial charge in [-0.05, 0) is 45.0 Å². The molecular weight excluding hydrogens is 430 g/mol. The van der Waals surface area contributed by atoms with Crippen molar-refractivity contribution in [3.05, 3.63) is 48.7 Å². The number of benzene rings is 1. The zero-order valence-corrected chi connectivity index (χ0v) is 19.2. The van der Waals surface area contributed by atoms with Crippen molar-refractivity contribution in [1.82, 2.24) is 9.88 Å². The Bertz CT molecular complexity index is 1010. The van der Waals surface area contributed by atoms with Crippen LogP contribution in [0.5, 0.6) is 0 Å². The highest BCUT2D eigenvalue weighted by Gasteiger charge is 2.26. The fourth-order valence-corrected chi connectivity index (χ4v) is 3.87. The Morgan fingerprint density at radius 3 is 2.53 bits per heavy atom. The highest BCUT2D eigenvalue weighted by Crippen LogP contribution is 2.28. The van der Waals surface area contributed by atoms with Gasteiger partial charge in [0.1, 0.15) is 10.6 Å². The van der Waals surface area contributed by atoms with Crippen molar-refractivity contribution in [2.24, 2.45) is 0 Å². The third-order valence-corrected chi connectivity index (χ3v) is 5.51. The second-order valence-corrected chi connectivity index (χ2v) is 9.20. The first-order valence-electron chi connectivity index (χ1n) is 10.2. The molecule has 3 amide bonds.